The summed E-state index contributed by atoms with van der Waals surface area (Å²) < 4.78 is 27.4. The van der Waals surface area contributed by atoms with Gasteiger partial charge in [0, 0.05) is 31.9 Å². The van der Waals surface area contributed by atoms with Crippen LogP contribution in [0.3, 0.4) is 0 Å². The topological polar surface area (TPSA) is 69.7 Å². The van der Waals surface area contributed by atoms with Crippen molar-refractivity contribution < 1.29 is 13.2 Å². The van der Waals surface area contributed by atoms with E-state index in [0.29, 0.717) is 31.1 Å². The molecule has 2 aromatic carbocycles. The van der Waals surface area contributed by atoms with Crippen LogP contribution >= 0.6 is 0 Å². The first-order valence-electron chi connectivity index (χ1n) is 9.46. The molecule has 0 spiro atoms. The first kappa shape index (κ1) is 20.5. The summed E-state index contributed by atoms with van der Waals surface area (Å²) in [5.74, 6) is -0.0864. The van der Waals surface area contributed by atoms with Gasteiger partial charge in [0.2, 0.25) is 15.9 Å². The van der Waals surface area contributed by atoms with Gasteiger partial charge in [-0.2, -0.15) is 4.31 Å². The second kappa shape index (κ2) is 8.43. The van der Waals surface area contributed by atoms with Gasteiger partial charge in [-0.05, 0) is 56.2 Å². The highest BCUT2D eigenvalue weighted by molar-refractivity contribution is 7.89. The number of para-hydroxylation sites is 1. The molecule has 0 aliphatic carbocycles. The molecule has 0 aromatic heterocycles. The van der Waals surface area contributed by atoms with Gasteiger partial charge in [0.1, 0.15) is 0 Å². The second-order valence-electron chi connectivity index (χ2n) is 7.22. The molecule has 1 N–H and O–H groups in total. The third kappa shape index (κ3) is 4.43. The van der Waals surface area contributed by atoms with Crippen molar-refractivity contribution in [3.05, 3.63) is 59.7 Å². The van der Waals surface area contributed by atoms with Crippen molar-refractivity contribution in [1.29, 1.82) is 0 Å². The van der Waals surface area contributed by atoms with E-state index in [4.69, 9.17) is 0 Å². The van der Waals surface area contributed by atoms with E-state index in [2.05, 4.69) is 5.32 Å². The van der Waals surface area contributed by atoms with Crippen LogP contribution in [0.1, 0.15) is 18.1 Å². The summed E-state index contributed by atoms with van der Waals surface area (Å²) in [6, 6.07) is 14.2. The third-order valence-electron chi connectivity index (χ3n) is 5.36. The number of hydrogen-bond donors (Lipinski definition) is 1. The van der Waals surface area contributed by atoms with Crippen LogP contribution in [-0.4, -0.2) is 55.8 Å². The van der Waals surface area contributed by atoms with E-state index >= 15 is 0 Å². The van der Waals surface area contributed by atoms with E-state index < -0.39 is 10.0 Å². The molecular weight excluding hydrogens is 374 g/mol. The number of benzene rings is 2. The van der Waals surface area contributed by atoms with E-state index in [0.717, 1.165) is 16.8 Å². The van der Waals surface area contributed by atoms with Crippen molar-refractivity contribution in [2.75, 3.05) is 31.5 Å². The molecule has 1 saturated heterocycles. The number of anilines is 1. The molecule has 150 valence electrons. The molecule has 3 rings (SSSR count). The fourth-order valence-electron chi connectivity index (χ4n) is 3.29. The first-order valence-corrected chi connectivity index (χ1v) is 10.9. The van der Waals surface area contributed by atoms with Crippen LogP contribution in [0.5, 0.6) is 0 Å². The Morgan fingerprint density at radius 2 is 1.61 bits per heavy atom. The lowest BCUT2D eigenvalue weighted by Gasteiger charge is -2.36. The SMILES string of the molecule is Cc1ccc(S(=O)(=O)N2CCN(C(C)C(=O)Nc3ccccc3)CC2)cc1C. The van der Waals surface area contributed by atoms with E-state index in [1.54, 1.807) is 12.1 Å². The number of sulfonamides is 1. The molecular formula is C21H27N3O3S. The molecule has 6 nitrogen and oxygen atoms in total. The quantitative estimate of drug-likeness (QED) is 0.836. The van der Waals surface area contributed by atoms with Gasteiger partial charge in [-0.25, -0.2) is 8.42 Å². The van der Waals surface area contributed by atoms with Crippen molar-refractivity contribution in [2.45, 2.75) is 31.7 Å². The fraction of sp³-hybridized carbons (Fsp3) is 0.381. The standard InChI is InChI=1S/C21H27N3O3S/c1-16-9-10-20(15-17(16)2)28(26,27)24-13-11-23(12-14-24)18(3)21(25)22-19-7-5-4-6-8-19/h4-10,15,18H,11-14H2,1-3H3,(H,22,25). The maximum absolute atomic E-state index is 12.9. The van der Waals surface area contributed by atoms with Crippen LogP contribution < -0.4 is 5.32 Å². The summed E-state index contributed by atoms with van der Waals surface area (Å²) in [6.07, 6.45) is 0. The maximum atomic E-state index is 12.9. The Bertz CT molecular complexity index is 937. The van der Waals surface area contributed by atoms with Crippen LogP contribution in [0.15, 0.2) is 53.4 Å². The minimum absolute atomic E-state index is 0.0864. The van der Waals surface area contributed by atoms with Gasteiger partial charge in [-0.1, -0.05) is 24.3 Å². The summed E-state index contributed by atoms with van der Waals surface area (Å²) in [6.45, 7) is 7.52. The zero-order chi connectivity index (χ0) is 20.3. The summed E-state index contributed by atoms with van der Waals surface area (Å²) in [4.78, 5) is 14.8. The molecule has 7 heteroatoms. The highest BCUT2D eigenvalue weighted by Gasteiger charge is 2.31. The first-order chi connectivity index (χ1) is 13.3. The number of piperazine rings is 1. The number of amides is 1. The molecule has 2 aromatic rings. The Kier molecular flexibility index (Phi) is 6.17. The molecule has 1 amide bonds. The van der Waals surface area contributed by atoms with Gasteiger partial charge in [0.25, 0.3) is 0 Å². The highest BCUT2D eigenvalue weighted by atomic mass is 32.2. The molecule has 1 fully saturated rings. The lowest BCUT2D eigenvalue weighted by molar-refractivity contribution is -0.121. The Balaban J connectivity index is 1.61. The van der Waals surface area contributed by atoms with E-state index in [1.807, 2.05) is 62.1 Å². The Morgan fingerprint density at radius 3 is 2.21 bits per heavy atom. The Morgan fingerprint density at radius 1 is 0.964 bits per heavy atom. The van der Waals surface area contributed by atoms with Crippen LogP contribution in [0.2, 0.25) is 0 Å². The number of hydrogen-bond acceptors (Lipinski definition) is 4. The van der Waals surface area contributed by atoms with Crippen molar-refractivity contribution in [3.8, 4) is 0 Å². The predicted molar refractivity (Wildman–Crippen MR) is 111 cm³/mol. The summed E-state index contributed by atoms with van der Waals surface area (Å²) >= 11 is 0. The summed E-state index contributed by atoms with van der Waals surface area (Å²) in [7, 11) is -3.51. The lowest BCUT2D eigenvalue weighted by atomic mass is 10.1. The van der Waals surface area contributed by atoms with Crippen LogP contribution in [0.4, 0.5) is 5.69 Å². The number of rotatable bonds is 5. The van der Waals surface area contributed by atoms with Crippen molar-refractivity contribution in [1.82, 2.24) is 9.21 Å². The molecule has 1 atom stereocenters. The van der Waals surface area contributed by atoms with E-state index in [9.17, 15) is 13.2 Å². The highest BCUT2D eigenvalue weighted by Crippen LogP contribution is 2.21. The van der Waals surface area contributed by atoms with Gasteiger partial charge in [0.05, 0.1) is 10.9 Å². The van der Waals surface area contributed by atoms with Crippen molar-refractivity contribution in [3.63, 3.8) is 0 Å². The van der Waals surface area contributed by atoms with Gasteiger partial charge in [0.15, 0.2) is 0 Å². The Hall–Kier alpha value is -2.22. The molecule has 1 aliphatic rings. The normalized spacial score (nSPS) is 17.2. The van der Waals surface area contributed by atoms with E-state index in [1.165, 1.54) is 4.31 Å². The van der Waals surface area contributed by atoms with Crippen LogP contribution in [-0.2, 0) is 14.8 Å². The number of carbonyl (C=O) groups excluding carboxylic acids is 1. The zero-order valence-electron chi connectivity index (χ0n) is 16.6. The molecule has 1 heterocycles. The molecule has 0 saturated carbocycles. The van der Waals surface area contributed by atoms with Crippen LogP contribution in [0.25, 0.3) is 0 Å². The summed E-state index contributed by atoms with van der Waals surface area (Å²) in [5, 5.41) is 2.91. The minimum atomic E-state index is -3.51. The largest absolute Gasteiger partial charge is 0.325 e. The van der Waals surface area contributed by atoms with Gasteiger partial charge in [-0.3, -0.25) is 9.69 Å². The number of nitrogens with one attached hydrogen (secondary N) is 1. The average molecular weight is 402 g/mol. The van der Waals surface area contributed by atoms with Gasteiger partial charge in [-0.15, -0.1) is 0 Å². The lowest BCUT2D eigenvalue weighted by Crippen LogP contribution is -2.53. The van der Waals surface area contributed by atoms with Crippen LogP contribution in [0, 0.1) is 13.8 Å². The van der Waals surface area contributed by atoms with Crippen molar-refractivity contribution in [2.24, 2.45) is 0 Å². The maximum Gasteiger partial charge on any atom is 0.243 e. The second-order valence-corrected chi connectivity index (χ2v) is 9.16. The van der Waals surface area contributed by atoms with Gasteiger partial charge >= 0.3 is 0 Å². The number of carbonyl (C=O) groups is 1. The third-order valence-corrected chi connectivity index (χ3v) is 7.25. The molecule has 28 heavy (non-hydrogen) atoms. The monoisotopic (exact) mass is 401 g/mol. The fourth-order valence-corrected chi connectivity index (χ4v) is 4.80. The number of nitrogens with zero attached hydrogens (tertiary/aromatic N) is 2. The molecule has 0 bridgehead atoms. The summed E-state index contributed by atoms with van der Waals surface area (Å²) in [5.41, 5.74) is 2.79. The molecule has 1 unspecified atom stereocenters. The minimum Gasteiger partial charge on any atom is -0.325 e. The average Bonchev–Trinajstić information content (AvgIpc) is 2.70. The zero-order valence-corrected chi connectivity index (χ0v) is 17.4. The Labute approximate surface area is 167 Å². The van der Waals surface area contributed by atoms with Gasteiger partial charge < -0.3 is 5.32 Å². The van der Waals surface area contributed by atoms with E-state index in [-0.39, 0.29) is 11.9 Å². The molecule has 0 radical (unpaired) electrons. The van der Waals surface area contributed by atoms with Crippen molar-refractivity contribution >= 4 is 21.6 Å². The molecule has 1 aliphatic heterocycles. The smallest absolute Gasteiger partial charge is 0.243 e. The number of aryl methyl sites for hydroxylation is 2. The predicted octanol–water partition coefficient (Wildman–Crippen LogP) is 2.64.